The number of rotatable bonds is 2. The number of benzene rings is 3. The van der Waals surface area contributed by atoms with Gasteiger partial charge in [-0.3, -0.25) is 9.88 Å². The summed E-state index contributed by atoms with van der Waals surface area (Å²) in [7, 11) is 0. The van der Waals surface area contributed by atoms with Crippen LogP contribution in [-0.4, -0.2) is 10.3 Å². The van der Waals surface area contributed by atoms with Gasteiger partial charge in [0.1, 0.15) is 5.69 Å². The van der Waals surface area contributed by atoms with E-state index in [9.17, 15) is 0 Å². The van der Waals surface area contributed by atoms with E-state index < -0.39 is 0 Å². The van der Waals surface area contributed by atoms with Crippen molar-refractivity contribution in [1.82, 2.24) is 4.57 Å². The van der Waals surface area contributed by atoms with Crippen LogP contribution in [0.15, 0.2) is 89.9 Å². The first-order chi connectivity index (χ1) is 14.4. The first-order valence-electron chi connectivity index (χ1n) is 10.3. The Balaban J connectivity index is 1.60. The lowest BCUT2D eigenvalue weighted by Crippen LogP contribution is -2.82. The van der Waals surface area contributed by atoms with Crippen LogP contribution >= 0.6 is 0 Å². The van der Waals surface area contributed by atoms with Crippen LogP contribution in [0.25, 0.3) is 17.0 Å². The summed E-state index contributed by atoms with van der Waals surface area (Å²) in [6.07, 6.45) is 6.68. The fourth-order valence-electron chi connectivity index (χ4n) is 4.72. The van der Waals surface area contributed by atoms with Gasteiger partial charge in [0.15, 0.2) is 0 Å². The molecule has 3 heteroatoms. The molecule has 3 aromatic carbocycles. The second kappa shape index (κ2) is 6.57. The van der Waals surface area contributed by atoms with Gasteiger partial charge in [0.05, 0.1) is 16.8 Å². The first kappa shape index (κ1) is 16.5. The van der Waals surface area contributed by atoms with Gasteiger partial charge >= 0.3 is 0 Å². The molecule has 2 heterocycles. The summed E-state index contributed by atoms with van der Waals surface area (Å²) >= 11 is 0. The van der Waals surface area contributed by atoms with Gasteiger partial charge < -0.3 is 0 Å². The monoisotopic (exact) mass is 376 g/mol. The highest BCUT2D eigenvalue weighted by Gasteiger charge is 2.30. The Bertz CT molecular complexity index is 1280. The Morgan fingerprint density at radius 1 is 0.862 bits per heavy atom. The molecule has 2 N–H and O–H groups in total. The van der Waals surface area contributed by atoms with Crippen molar-refractivity contribution in [1.29, 1.82) is 0 Å². The zero-order chi connectivity index (χ0) is 19.2. The second-order valence-electron chi connectivity index (χ2n) is 7.70. The summed E-state index contributed by atoms with van der Waals surface area (Å²) in [5.74, 6) is 0. The van der Waals surface area contributed by atoms with Gasteiger partial charge in [0.2, 0.25) is 0 Å². The molecule has 1 aromatic heterocycles. The Hall–Kier alpha value is -3.43. The molecule has 29 heavy (non-hydrogen) atoms. The zero-order valence-corrected chi connectivity index (χ0v) is 16.1. The Morgan fingerprint density at radius 3 is 2.59 bits per heavy atom. The number of hydrogen-bond donors (Lipinski definition) is 1. The fourth-order valence-corrected chi connectivity index (χ4v) is 4.72. The van der Waals surface area contributed by atoms with E-state index in [1.165, 1.54) is 39.0 Å². The molecule has 6 rings (SSSR count). The normalized spacial score (nSPS) is 17.7. The molecule has 0 saturated heterocycles. The van der Waals surface area contributed by atoms with E-state index in [1.807, 2.05) is 0 Å². The van der Waals surface area contributed by atoms with Crippen LogP contribution in [0.4, 0.5) is 5.69 Å². The summed E-state index contributed by atoms with van der Waals surface area (Å²) < 4.78 is 2.45. The average molecular weight is 376 g/mol. The van der Waals surface area contributed by atoms with Crippen LogP contribution in [0.5, 0.6) is 0 Å². The minimum atomic E-state index is -0.0414. The van der Waals surface area contributed by atoms with E-state index in [4.69, 9.17) is 4.99 Å². The Kier molecular flexibility index (Phi) is 3.74. The lowest BCUT2D eigenvalue weighted by Gasteiger charge is -2.25. The van der Waals surface area contributed by atoms with Crippen LogP contribution in [0.2, 0.25) is 0 Å². The Labute approximate surface area is 170 Å². The maximum Gasteiger partial charge on any atom is 0.269 e. The number of allylic oxidation sites excluding steroid dienone is 1. The highest BCUT2D eigenvalue weighted by atomic mass is 15.3. The number of para-hydroxylation sites is 2. The zero-order valence-electron chi connectivity index (χ0n) is 16.1. The molecule has 1 aliphatic heterocycles. The van der Waals surface area contributed by atoms with Gasteiger partial charge in [-0.25, -0.2) is 4.99 Å². The number of hydrogen-bond acceptors (Lipinski definition) is 1. The average Bonchev–Trinajstić information content (AvgIpc) is 3.13. The standard InChI is InChI=1S/C26H21N3/c1-2-10-18(11-3-1)25-21-14-4-7-15-22(21)27-26(28-25)29-23-16-8-5-12-19(23)20-13-6-9-17-24(20)29/h1-8,10-16,26-27H,9,17H2/p+1. The number of aromatic nitrogens is 1. The fraction of sp³-hybridized carbons (Fsp3) is 0.115. The predicted molar refractivity (Wildman–Crippen MR) is 118 cm³/mol. The van der Waals surface area contributed by atoms with Crippen LogP contribution in [0.3, 0.4) is 0 Å². The molecule has 140 valence electrons. The van der Waals surface area contributed by atoms with Crippen molar-refractivity contribution in [2.45, 2.75) is 19.1 Å². The SMILES string of the molecule is C1=Cc2c(n(C3N=C(c4ccccc4)c4ccccc4[NH2+]3)c3ccccc23)CC1. The van der Waals surface area contributed by atoms with Crippen molar-refractivity contribution in [2.24, 2.45) is 4.99 Å². The smallest absolute Gasteiger partial charge is 0.269 e. The lowest BCUT2D eigenvalue weighted by molar-refractivity contribution is -0.634. The number of nitrogens with zero attached hydrogens (tertiary/aromatic N) is 2. The van der Waals surface area contributed by atoms with E-state index in [2.05, 4.69) is 101 Å². The Morgan fingerprint density at radius 2 is 1.66 bits per heavy atom. The molecule has 3 nitrogen and oxygen atoms in total. The van der Waals surface area contributed by atoms with Crippen molar-refractivity contribution < 1.29 is 5.32 Å². The quantitative estimate of drug-likeness (QED) is 0.488. The lowest BCUT2D eigenvalue weighted by atomic mass is 9.99. The van der Waals surface area contributed by atoms with E-state index in [0.29, 0.717) is 0 Å². The molecule has 1 unspecified atom stereocenters. The van der Waals surface area contributed by atoms with Crippen molar-refractivity contribution in [3.05, 3.63) is 107 Å². The van der Waals surface area contributed by atoms with Crippen molar-refractivity contribution >= 4 is 28.4 Å². The van der Waals surface area contributed by atoms with Crippen molar-refractivity contribution in [3.63, 3.8) is 0 Å². The molecule has 0 amide bonds. The molecule has 1 atom stereocenters. The predicted octanol–water partition coefficient (Wildman–Crippen LogP) is 4.80. The van der Waals surface area contributed by atoms with Gasteiger partial charge in [-0.05, 0) is 31.0 Å². The molecule has 0 radical (unpaired) electrons. The van der Waals surface area contributed by atoms with Gasteiger partial charge in [0.25, 0.3) is 6.29 Å². The van der Waals surface area contributed by atoms with Crippen LogP contribution < -0.4 is 5.32 Å². The topological polar surface area (TPSA) is 33.9 Å². The summed E-state index contributed by atoms with van der Waals surface area (Å²) in [6, 6.07) is 27.9. The number of quaternary nitrogens is 1. The van der Waals surface area contributed by atoms with E-state index in [-0.39, 0.29) is 6.29 Å². The number of aliphatic imine (C=N–C) groups is 1. The maximum atomic E-state index is 5.29. The van der Waals surface area contributed by atoms with Crippen LogP contribution in [0, 0.1) is 0 Å². The third-order valence-corrected chi connectivity index (χ3v) is 6.01. The van der Waals surface area contributed by atoms with E-state index in [1.54, 1.807) is 0 Å². The molecule has 2 aliphatic rings. The van der Waals surface area contributed by atoms with Crippen LogP contribution in [0.1, 0.15) is 35.1 Å². The molecule has 0 fully saturated rings. The summed E-state index contributed by atoms with van der Waals surface area (Å²) in [5.41, 5.74) is 8.72. The number of nitrogens with two attached hydrogens (primary N) is 1. The molecular weight excluding hydrogens is 354 g/mol. The minimum Gasteiger partial charge on any atom is -0.275 e. The van der Waals surface area contributed by atoms with Crippen LogP contribution in [-0.2, 0) is 6.42 Å². The highest BCUT2D eigenvalue weighted by molar-refractivity contribution is 6.15. The van der Waals surface area contributed by atoms with Crippen molar-refractivity contribution in [3.8, 4) is 0 Å². The van der Waals surface area contributed by atoms with Gasteiger partial charge in [-0.15, -0.1) is 0 Å². The number of fused-ring (bicyclic) bond motifs is 4. The molecular formula is C26H22N3+. The molecule has 1 aliphatic carbocycles. The maximum absolute atomic E-state index is 5.29. The van der Waals surface area contributed by atoms with E-state index in [0.717, 1.165) is 18.6 Å². The van der Waals surface area contributed by atoms with Gasteiger partial charge in [-0.1, -0.05) is 72.8 Å². The molecule has 0 spiro atoms. The minimum absolute atomic E-state index is 0.0414. The largest absolute Gasteiger partial charge is 0.275 e. The molecule has 0 bridgehead atoms. The summed E-state index contributed by atoms with van der Waals surface area (Å²) in [4.78, 5) is 5.29. The third kappa shape index (κ3) is 2.59. The van der Waals surface area contributed by atoms with Crippen molar-refractivity contribution in [2.75, 3.05) is 0 Å². The second-order valence-corrected chi connectivity index (χ2v) is 7.70. The molecule has 4 aromatic rings. The third-order valence-electron chi connectivity index (χ3n) is 6.01. The molecule has 0 saturated carbocycles. The van der Waals surface area contributed by atoms with Gasteiger partial charge in [0, 0.05) is 22.2 Å². The first-order valence-corrected chi connectivity index (χ1v) is 10.3. The highest BCUT2D eigenvalue weighted by Crippen LogP contribution is 2.34. The van der Waals surface area contributed by atoms with Gasteiger partial charge in [-0.2, -0.15) is 0 Å². The van der Waals surface area contributed by atoms with E-state index >= 15 is 0 Å². The summed E-state index contributed by atoms with van der Waals surface area (Å²) in [6.45, 7) is 0. The summed E-state index contributed by atoms with van der Waals surface area (Å²) in [5, 5.41) is 3.63.